The second kappa shape index (κ2) is 6.03. The maximum atomic E-state index is 9.38. The van der Waals surface area contributed by atoms with Gasteiger partial charge >= 0.3 is 0 Å². The molecule has 0 radical (unpaired) electrons. The zero-order valence-electron chi connectivity index (χ0n) is 12.8. The number of piperidine rings is 1. The second-order valence-corrected chi connectivity index (χ2v) is 6.72. The first kappa shape index (κ1) is 14.3. The summed E-state index contributed by atoms with van der Waals surface area (Å²) in [6.07, 6.45) is 6.91. The first-order chi connectivity index (χ1) is 10.2. The fraction of sp³-hybridized carbons (Fsp3) is 0.647. The SMILES string of the molecule is CC1(CNc2nc3c(cc2C#N)CCCC3)CCNCC1. The second-order valence-electron chi connectivity index (χ2n) is 6.72. The number of fused-ring (bicyclic) bond motifs is 1. The molecule has 0 aromatic carbocycles. The number of rotatable bonds is 3. The molecule has 4 nitrogen and oxygen atoms in total. The number of nitrogens with one attached hydrogen (secondary N) is 2. The molecule has 112 valence electrons. The quantitative estimate of drug-likeness (QED) is 0.896. The fourth-order valence-electron chi connectivity index (χ4n) is 3.36. The van der Waals surface area contributed by atoms with Gasteiger partial charge in [0, 0.05) is 12.2 Å². The maximum absolute atomic E-state index is 9.38. The van der Waals surface area contributed by atoms with E-state index in [1.54, 1.807) is 0 Å². The number of nitriles is 1. The third-order valence-corrected chi connectivity index (χ3v) is 4.91. The molecule has 0 bridgehead atoms. The molecule has 2 N–H and O–H groups in total. The van der Waals surface area contributed by atoms with Crippen LogP contribution in [0.1, 0.15) is 49.4 Å². The van der Waals surface area contributed by atoms with Crippen molar-refractivity contribution < 1.29 is 0 Å². The first-order valence-corrected chi connectivity index (χ1v) is 8.08. The molecule has 1 aliphatic carbocycles. The molecule has 0 unspecified atom stereocenters. The van der Waals surface area contributed by atoms with Crippen molar-refractivity contribution in [2.24, 2.45) is 5.41 Å². The Bertz CT molecular complexity index is 553. The molecular weight excluding hydrogens is 260 g/mol. The highest BCUT2D eigenvalue weighted by atomic mass is 15.0. The predicted octanol–water partition coefficient (Wildman–Crippen LogP) is 2.63. The molecular formula is C17H24N4. The molecule has 1 aliphatic heterocycles. The smallest absolute Gasteiger partial charge is 0.144 e. The van der Waals surface area contributed by atoms with Gasteiger partial charge in [-0.1, -0.05) is 6.92 Å². The molecule has 3 rings (SSSR count). The Balaban J connectivity index is 1.76. The van der Waals surface area contributed by atoms with Crippen molar-refractivity contribution in [1.82, 2.24) is 10.3 Å². The Hall–Kier alpha value is -1.60. The van der Waals surface area contributed by atoms with Crippen molar-refractivity contribution >= 4 is 5.82 Å². The monoisotopic (exact) mass is 284 g/mol. The Kier molecular flexibility index (Phi) is 4.12. The van der Waals surface area contributed by atoms with Crippen LogP contribution in [-0.4, -0.2) is 24.6 Å². The molecule has 0 spiro atoms. The van der Waals surface area contributed by atoms with Crippen LogP contribution in [0.4, 0.5) is 5.82 Å². The van der Waals surface area contributed by atoms with Gasteiger partial charge in [0.25, 0.3) is 0 Å². The summed E-state index contributed by atoms with van der Waals surface area (Å²) in [5.41, 5.74) is 3.47. The van der Waals surface area contributed by atoms with E-state index in [2.05, 4.69) is 29.7 Å². The van der Waals surface area contributed by atoms with Crippen LogP contribution in [0.3, 0.4) is 0 Å². The summed E-state index contributed by atoms with van der Waals surface area (Å²) in [6.45, 7) is 5.39. The van der Waals surface area contributed by atoms with Crippen LogP contribution in [0.25, 0.3) is 0 Å². The summed E-state index contributed by atoms with van der Waals surface area (Å²) in [4.78, 5) is 4.75. The van der Waals surface area contributed by atoms with E-state index in [0.717, 1.165) is 38.3 Å². The molecule has 0 saturated carbocycles. The summed E-state index contributed by atoms with van der Waals surface area (Å²) in [5.74, 6) is 0.790. The third kappa shape index (κ3) is 3.19. The van der Waals surface area contributed by atoms with E-state index in [-0.39, 0.29) is 0 Å². The maximum Gasteiger partial charge on any atom is 0.144 e. The van der Waals surface area contributed by atoms with Crippen molar-refractivity contribution in [3.8, 4) is 6.07 Å². The Labute approximate surface area is 127 Å². The molecule has 0 amide bonds. The summed E-state index contributed by atoms with van der Waals surface area (Å²) in [6, 6.07) is 4.36. The van der Waals surface area contributed by atoms with Gasteiger partial charge in [-0.25, -0.2) is 4.98 Å². The van der Waals surface area contributed by atoms with Crippen molar-refractivity contribution in [3.05, 3.63) is 22.9 Å². The van der Waals surface area contributed by atoms with E-state index < -0.39 is 0 Å². The number of anilines is 1. The third-order valence-electron chi connectivity index (χ3n) is 4.91. The van der Waals surface area contributed by atoms with Crippen molar-refractivity contribution in [2.75, 3.05) is 25.0 Å². The van der Waals surface area contributed by atoms with Crippen LogP contribution in [0.2, 0.25) is 0 Å². The lowest BCUT2D eigenvalue weighted by atomic mass is 9.81. The molecule has 2 aliphatic rings. The largest absolute Gasteiger partial charge is 0.368 e. The van der Waals surface area contributed by atoms with E-state index in [1.165, 1.54) is 36.9 Å². The van der Waals surface area contributed by atoms with Crippen LogP contribution in [0.5, 0.6) is 0 Å². The molecule has 1 saturated heterocycles. The summed E-state index contributed by atoms with van der Waals surface area (Å²) < 4.78 is 0. The van der Waals surface area contributed by atoms with Crippen molar-refractivity contribution in [3.63, 3.8) is 0 Å². The minimum absolute atomic E-state index is 0.301. The highest BCUT2D eigenvalue weighted by molar-refractivity contribution is 5.54. The number of hydrogen-bond acceptors (Lipinski definition) is 4. The summed E-state index contributed by atoms with van der Waals surface area (Å²) in [5, 5.41) is 16.3. The van der Waals surface area contributed by atoms with Crippen LogP contribution < -0.4 is 10.6 Å². The van der Waals surface area contributed by atoms with Crippen molar-refractivity contribution in [1.29, 1.82) is 5.26 Å². The number of hydrogen-bond donors (Lipinski definition) is 2. The van der Waals surface area contributed by atoms with Crippen LogP contribution in [0, 0.1) is 16.7 Å². The standard InChI is InChI=1S/C17H24N4/c1-17(6-8-19-9-7-17)12-20-16-14(11-18)10-13-4-2-3-5-15(13)21-16/h10,19H,2-9,12H2,1H3,(H,20,21). The summed E-state index contributed by atoms with van der Waals surface area (Å²) in [7, 11) is 0. The lowest BCUT2D eigenvalue weighted by Gasteiger charge is -2.34. The number of aromatic nitrogens is 1. The average molecular weight is 284 g/mol. The van der Waals surface area contributed by atoms with E-state index in [9.17, 15) is 5.26 Å². The van der Waals surface area contributed by atoms with Gasteiger partial charge in [0.1, 0.15) is 11.9 Å². The van der Waals surface area contributed by atoms with Gasteiger partial charge in [-0.15, -0.1) is 0 Å². The normalized spacial score (nSPS) is 20.4. The highest BCUT2D eigenvalue weighted by Crippen LogP contribution is 2.29. The van der Waals surface area contributed by atoms with Crippen LogP contribution in [-0.2, 0) is 12.8 Å². The zero-order valence-corrected chi connectivity index (χ0v) is 12.8. The first-order valence-electron chi connectivity index (χ1n) is 8.08. The van der Waals surface area contributed by atoms with Crippen molar-refractivity contribution in [2.45, 2.75) is 45.4 Å². The van der Waals surface area contributed by atoms with Gasteiger partial charge in [0.15, 0.2) is 0 Å². The molecule has 21 heavy (non-hydrogen) atoms. The minimum atomic E-state index is 0.301. The summed E-state index contributed by atoms with van der Waals surface area (Å²) >= 11 is 0. The van der Waals surface area contributed by atoms with Crippen LogP contribution in [0.15, 0.2) is 6.07 Å². The average Bonchev–Trinajstić information content (AvgIpc) is 2.53. The van der Waals surface area contributed by atoms with Crippen LogP contribution >= 0.6 is 0 Å². The van der Waals surface area contributed by atoms with Gasteiger partial charge in [-0.05, 0) is 68.7 Å². The number of aryl methyl sites for hydroxylation is 2. The Morgan fingerprint density at radius 1 is 1.33 bits per heavy atom. The van der Waals surface area contributed by atoms with Gasteiger partial charge < -0.3 is 10.6 Å². The zero-order chi connectivity index (χ0) is 14.7. The topological polar surface area (TPSA) is 60.7 Å². The lowest BCUT2D eigenvalue weighted by Crippen LogP contribution is -2.39. The number of pyridine rings is 1. The van der Waals surface area contributed by atoms with E-state index in [4.69, 9.17) is 4.98 Å². The molecule has 4 heteroatoms. The highest BCUT2D eigenvalue weighted by Gasteiger charge is 2.27. The minimum Gasteiger partial charge on any atom is -0.368 e. The van der Waals surface area contributed by atoms with Gasteiger partial charge in [0.05, 0.1) is 5.56 Å². The van der Waals surface area contributed by atoms with Gasteiger partial charge in [-0.3, -0.25) is 0 Å². The van der Waals surface area contributed by atoms with E-state index in [1.807, 2.05) is 0 Å². The molecule has 1 aromatic heterocycles. The Morgan fingerprint density at radius 3 is 2.86 bits per heavy atom. The van der Waals surface area contributed by atoms with E-state index >= 15 is 0 Å². The molecule has 0 atom stereocenters. The predicted molar refractivity (Wildman–Crippen MR) is 84.3 cm³/mol. The number of nitrogens with zero attached hydrogens (tertiary/aromatic N) is 2. The lowest BCUT2D eigenvalue weighted by molar-refractivity contribution is 0.247. The Morgan fingerprint density at radius 2 is 2.10 bits per heavy atom. The van der Waals surface area contributed by atoms with Gasteiger partial charge in [0.2, 0.25) is 0 Å². The van der Waals surface area contributed by atoms with Gasteiger partial charge in [-0.2, -0.15) is 5.26 Å². The fourth-order valence-corrected chi connectivity index (χ4v) is 3.36. The molecule has 1 fully saturated rings. The van der Waals surface area contributed by atoms with E-state index in [0.29, 0.717) is 11.0 Å². The molecule has 2 heterocycles. The molecule has 1 aromatic rings.